The predicted molar refractivity (Wildman–Crippen MR) is 140 cm³/mol. The number of carbonyl (C=O) groups excluding carboxylic acids is 3. The number of fused-ring (bicyclic) bond motifs is 5. The molecule has 9 atom stereocenters. The summed E-state index contributed by atoms with van der Waals surface area (Å²) < 4.78 is 45.0. The van der Waals surface area contributed by atoms with Gasteiger partial charge in [-0.25, -0.2) is 13.6 Å². The van der Waals surface area contributed by atoms with Crippen molar-refractivity contribution in [2.45, 2.75) is 104 Å². The zero-order valence-corrected chi connectivity index (χ0v) is 24.5. The zero-order valence-electron chi connectivity index (χ0n) is 24.5. The number of hydrogen-bond donors (Lipinski definition) is 1. The van der Waals surface area contributed by atoms with Crippen LogP contribution in [0.4, 0.5) is 8.78 Å². The molecule has 0 aromatic heterocycles. The first-order valence-corrected chi connectivity index (χ1v) is 14.4. The number of carbonyl (C=O) groups is 3. The van der Waals surface area contributed by atoms with E-state index in [2.05, 4.69) is 0 Å². The van der Waals surface area contributed by atoms with Crippen molar-refractivity contribution in [2.24, 2.45) is 45.3 Å². The number of rotatable bonds is 4. The molecule has 0 saturated heterocycles. The topological polar surface area (TPSA) is 114 Å². The minimum absolute atomic E-state index is 0.0607. The predicted octanol–water partition coefficient (Wildman–Crippen LogP) is 4.81. The number of aliphatic hydroxyl groups is 1. The maximum atomic E-state index is 17.6. The quantitative estimate of drug-likeness (QED) is 0.490. The average Bonchev–Trinajstić information content (AvgIpc) is 3.17. The molecule has 4 saturated carbocycles. The van der Waals surface area contributed by atoms with E-state index in [0.717, 1.165) is 0 Å². The summed E-state index contributed by atoms with van der Waals surface area (Å²) in [6.45, 7) is 12.3. The van der Waals surface area contributed by atoms with Gasteiger partial charge in [0.15, 0.2) is 12.4 Å². The van der Waals surface area contributed by atoms with Crippen LogP contribution >= 0.6 is 0 Å². The second-order valence-electron chi connectivity index (χ2n) is 14.6. The molecule has 0 amide bonds. The third-order valence-electron chi connectivity index (χ3n) is 12.7. The van der Waals surface area contributed by atoms with Gasteiger partial charge in [0.25, 0.3) is 0 Å². The van der Waals surface area contributed by atoms with Crippen LogP contribution in [0.1, 0.15) is 80.6 Å². The lowest BCUT2D eigenvalue weighted by Crippen LogP contribution is -2.71. The minimum Gasteiger partial charge on any atom is -0.447 e. The third kappa shape index (κ3) is 3.26. The van der Waals surface area contributed by atoms with Crippen LogP contribution in [0.3, 0.4) is 0 Å². The van der Waals surface area contributed by atoms with Gasteiger partial charge in [-0.15, -0.1) is 0 Å². The van der Waals surface area contributed by atoms with Gasteiger partial charge in [-0.3, -0.25) is 9.59 Å². The molecule has 40 heavy (non-hydrogen) atoms. The lowest BCUT2D eigenvalue weighted by Gasteiger charge is -2.63. The molecule has 4 fully saturated rings. The first kappa shape index (κ1) is 29.2. The Kier molecular flexibility index (Phi) is 6.26. The van der Waals surface area contributed by atoms with E-state index in [4.69, 9.17) is 14.7 Å². The summed E-state index contributed by atoms with van der Waals surface area (Å²) in [7, 11) is 0. The summed E-state index contributed by atoms with van der Waals surface area (Å²) in [5.41, 5.74) is -7.50. The van der Waals surface area contributed by atoms with E-state index in [9.17, 15) is 19.5 Å². The standard InChI is InChI=1S/C31H41F2NO6/c1-16-12-18-19-14-21(32)20-13-17(35)8-9-28(20,6)30(19,33)22(36)15-29(18,7)31(16,25(38)39-11-10-34)40-24(37)23-26(2,3)27(23,4)5/h13,16,18-19,21-23,36H,8-9,11-12,14-15H2,1-7H3/t16-,18+,19+,21+,22+,28+,29+,30+,31+/m1/s1. The van der Waals surface area contributed by atoms with E-state index < -0.39 is 76.6 Å². The molecule has 9 heteroatoms. The van der Waals surface area contributed by atoms with Gasteiger partial charge in [-0.1, -0.05) is 48.5 Å². The summed E-state index contributed by atoms with van der Waals surface area (Å²) in [6, 6.07) is 1.78. The van der Waals surface area contributed by atoms with Gasteiger partial charge in [0.2, 0.25) is 5.60 Å². The smallest absolute Gasteiger partial charge is 0.352 e. The summed E-state index contributed by atoms with van der Waals surface area (Å²) in [4.78, 5) is 39.8. The fourth-order valence-electron chi connectivity index (χ4n) is 9.78. The number of alkyl halides is 2. The van der Waals surface area contributed by atoms with Crippen molar-refractivity contribution < 1.29 is 37.7 Å². The zero-order chi connectivity index (χ0) is 29.8. The fraction of sp³-hybridized carbons (Fsp3) is 0.806. The Hall–Kier alpha value is -2.34. The second kappa shape index (κ2) is 8.59. The number of halogens is 2. The van der Waals surface area contributed by atoms with Gasteiger partial charge in [0, 0.05) is 29.1 Å². The number of nitriles is 1. The highest BCUT2D eigenvalue weighted by Crippen LogP contribution is 2.73. The molecule has 0 radical (unpaired) electrons. The molecule has 5 rings (SSSR count). The van der Waals surface area contributed by atoms with Gasteiger partial charge >= 0.3 is 11.9 Å². The van der Waals surface area contributed by atoms with Crippen molar-refractivity contribution in [3.05, 3.63) is 11.6 Å². The van der Waals surface area contributed by atoms with E-state index in [1.165, 1.54) is 6.08 Å². The van der Waals surface area contributed by atoms with E-state index in [1.807, 2.05) is 27.7 Å². The van der Waals surface area contributed by atoms with Crippen LogP contribution in [0.25, 0.3) is 0 Å². The average molecular weight is 562 g/mol. The summed E-state index contributed by atoms with van der Waals surface area (Å²) >= 11 is 0. The van der Waals surface area contributed by atoms with Crippen molar-refractivity contribution in [1.82, 2.24) is 0 Å². The molecule has 0 heterocycles. The van der Waals surface area contributed by atoms with Crippen LogP contribution in [0.15, 0.2) is 11.6 Å². The highest BCUT2D eigenvalue weighted by atomic mass is 19.1. The SMILES string of the molecule is C[C@@H]1C[C@H]2[C@@H]3C[C@H](F)C4=CC(=O)CC[C@]4(C)[C@@]3(F)[C@@H](O)C[C@]2(C)[C@@]1(OC(=O)C1C(C)(C)C1(C)C)C(=O)OCC#N. The van der Waals surface area contributed by atoms with E-state index in [0.29, 0.717) is 0 Å². The summed E-state index contributed by atoms with van der Waals surface area (Å²) in [5, 5.41) is 20.8. The van der Waals surface area contributed by atoms with Gasteiger partial charge < -0.3 is 14.6 Å². The molecule has 1 N–H and O–H groups in total. The Bertz CT molecular complexity index is 1220. The largest absolute Gasteiger partial charge is 0.447 e. The van der Waals surface area contributed by atoms with Crippen LogP contribution in [0, 0.1) is 56.7 Å². The van der Waals surface area contributed by atoms with Gasteiger partial charge in [-0.05, 0) is 54.1 Å². The van der Waals surface area contributed by atoms with Crippen molar-refractivity contribution >= 4 is 17.7 Å². The third-order valence-corrected chi connectivity index (χ3v) is 12.7. The fourth-order valence-corrected chi connectivity index (χ4v) is 9.78. The van der Waals surface area contributed by atoms with Gasteiger partial charge in [0.1, 0.15) is 17.9 Å². The highest BCUT2D eigenvalue weighted by Gasteiger charge is 2.80. The first-order chi connectivity index (χ1) is 18.4. The maximum Gasteiger partial charge on any atom is 0.352 e. The van der Waals surface area contributed by atoms with Crippen LogP contribution in [0.2, 0.25) is 0 Å². The molecular weight excluding hydrogens is 520 g/mol. The number of nitrogens with zero attached hydrogens (tertiary/aromatic N) is 1. The Morgan fingerprint density at radius 2 is 1.75 bits per heavy atom. The molecular formula is C31H41F2NO6. The van der Waals surface area contributed by atoms with E-state index in [1.54, 1.807) is 26.8 Å². The Balaban J connectivity index is 1.61. The van der Waals surface area contributed by atoms with Crippen molar-refractivity contribution in [3.8, 4) is 6.07 Å². The molecule has 5 aliphatic rings. The van der Waals surface area contributed by atoms with Crippen LogP contribution in [-0.4, -0.2) is 53.0 Å². The highest BCUT2D eigenvalue weighted by molar-refractivity contribution is 5.92. The van der Waals surface area contributed by atoms with Crippen LogP contribution in [0.5, 0.6) is 0 Å². The lowest BCUT2D eigenvalue weighted by molar-refractivity contribution is -0.245. The normalized spacial score (nSPS) is 46.7. The Labute approximate surface area is 234 Å². The molecule has 7 nitrogen and oxygen atoms in total. The maximum absolute atomic E-state index is 17.6. The van der Waals surface area contributed by atoms with Crippen molar-refractivity contribution in [1.29, 1.82) is 5.26 Å². The monoisotopic (exact) mass is 561 g/mol. The number of hydrogen-bond acceptors (Lipinski definition) is 7. The van der Waals surface area contributed by atoms with Gasteiger partial charge in [0.05, 0.1) is 12.0 Å². The number of esters is 2. The van der Waals surface area contributed by atoms with E-state index >= 15 is 8.78 Å². The molecule has 0 aliphatic heterocycles. The number of ether oxygens (including phenoxy) is 2. The molecule has 0 spiro atoms. The molecule has 220 valence electrons. The van der Waals surface area contributed by atoms with Crippen molar-refractivity contribution in [2.75, 3.05) is 6.61 Å². The Morgan fingerprint density at radius 1 is 1.12 bits per heavy atom. The number of aliphatic hydroxyl groups excluding tert-OH is 1. The number of ketones is 1. The van der Waals surface area contributed by atoms with Crippen LogP contribution in [-0.2, 0) is 23.9 Å². The second-order valence-corrected chi connectivity index (χ2v) is 14.6. The summed E-state index contributed by atoms with van der Waals surface area (Å²) in [6.07, 6.45) is -2.08. The lowest BCUT2D eigenvalue weighted by atomic mass is 9.43. The first-order valence-electron chi connectivity index (χ1n) is 14.4. The van der Waals surface area contributed by atoms with Crippen LogP contribution < -0.4 is 0 Å². The molecule has 0 aromatic rings. The van der Waals surface area contributed by atoms with E-state index in [-0.39, 0.29) is 54.3 Å². The molecule has 0 unspecified atom stereocenters. The summed E-state index contributed by atoms with van der Waals surface area (Å²) in [5.74, 6) is -4.48. The van der Waals surface area contributed by atoms with Crippen molar-refractivity contribution in [3.63, 3.8) is 0 Å². The van der Waals surface area contributed by atoms with Gasteiger partial charge in [-0.2, -0.15) is 5.26 Å². The molecule has 5 aliphatic carbocycles. The minimum atomic E-state index is -2.25. The number of allylic oxidation sites excluding steroid dienone is 1. The molecule has 0 aromatic carbocycles. The Morgan fingerprint density at radius 3 is 2.33 bits per heavy atom. The molecule has 0 bridgehead atoms.